The monoisotopic (exact) mass is 348 g/mol. The Hall–Kier alpha value is -2.48. The van der Waals surface area contributed by atoms with Crippen molar-refractivity contribution in [1.29, 1.82) is 0 Å². The minimum Gasteiger partial charge on any atom is -0.331 e. The Morgan fingerprint density at radius 1 is 1.13 bits per heavy atom. The number of nitrogens with one attached hydrogen (secondary N) is 3. The van der Waals surface area contributed by atoms with E-state index in [0.29, 0.717) is 21.4 Å². The van der Waals surface area contributed by atoms with Gasteiger partial charge in [-0.3, -0.25) is 15.4 Å². The van der Waals surface area contributed by atoms with Gasteiger partial charge in [-0.05, 0) is 54.2 Å². The van der Waals surface area contributed by atoms with Gasteiger partial charge in [-0.25, -0.2) is 5.48 Å². The van der Waals surface area contributed by atoms with Crippen LogP contribution in [0, 0.1) is 0 Å². The molecule has 0 saturated carbocycles. The molecule has 2 aromatic carbocycles. The summed E-state index contributed by atoms with van der Waals surface area (Å²) in [5.41, 5.74) is 6.13. The lowest BCUT2D eigenvalue weighted by Gasteiger charge is -2.07. The fourth-order valence-electron chi connectivity index (χ4n) is 1.64. The van der Waals surface area contributed by atoms with Gasteiger partial charge in [0.2, 0.25) is 0 Å². The number of hydrazone groups is 1. The van der Waals surface area contributed by atoms with E-state index in [1.807, 2.05) is 12.1 Å². The van der Waals surface area contributed by atoms with E-state index in [0.717, 1.165) is 5.56 Å². The van der Waals surface area contributed by atoms with Crippen molar-refractivity contribution in [2.75, 3.05) is 5.32 Å². The summed E-state index contributed by atoms with van der Waals surface area (Å²) in [6, 6.07) is 13.6. The van der Waals surface area contributed by atoms with E-state index in [4.69, 9.17) is 29.0 Å². The molecule has 0 radical (unpaired) electrons. The van der Waals surface area contributed by atoms with Crippen molar-refractivity contribution in [2.24, 2.45) is 5.10 Å². The summed E-state index contributed by atoms with van der Waals surface area (Å²) >= 11 is 10.9. The van der Waals surface area contributed by atoms with E-state index < -0.39 is 5.91 Å². The highest BCUT2D eigenvalue weighted by Gasteiger charge is 2.03. The summed E-state index contributed by atoms with van der Waals surface area (Å²) in [7, 11) is 0. The molecular formula is C15H13ClN4O2S. The Kier molecular flexibility index (Phi) is 6.04. The maximum Gasteiger partial charge on any atom is 0.274 e. The SMILES string of the molecule is O=C(NO)c1ccc(NC(=S)N/N=C/c2ccc(Cl)cc2)cc1. The number of anilines is 1. The van der Waals surface area contributed by atoms with Crippen LogP contribution < -0.4 is 16.2 Å². The Bertz CT molecular complexity index is 717. The summed E-state index contributed by atoms with van der Waals surface area (Å²) < 4.78 is 0. The first-order valence-corrected chi connectivity index (χ1v) is 7.27. The number of benzene rings is 2. The topological polar surface area (TPSA) is 85.8 Å². The van der Waals surface area contributed by atoms with Crippen molar-refractivity contribution in [1.82, 2.24) is 10.9 Å². The van der Waals surface area contributed by atoms with Crippen molar-refractivity contribution in [2.45, 2.75) is 0 Å². The number of amides is 1. The maximum atomic E-state index is 11.2. The number of hydroxylamine groups is 1. The number of carbonyl (C=O) groups is 1. The molecular weight excluding hydrogens is 336 g/mol. The van der Waals surface area contributed by atoms with Gasteiger partial charge in [0.05, 0.1) is 6.21 Å². The van der Waals surface area contributed by atoms with Gasteiger partial charge in [0, 0.05) is 16.3 Å². The van der Waals surface area contributed by atoms with Crippen LogP contribution in [0.4, 0.5) is 5.69 Å². The summed E-state index contributed by atoms with van der Waals surface area (Å²) in [4.78, 5) is 11.2. The molecule has 6 nitrogen and oxygen atoms in total. The molecule has 118 valence electrons. The van der Waals surface area contributed by atoms with Crippen molar-refractivity contribution in [3.05, 3.63) is 64.7 Å². The first kappa shape index (κ1) is 16.9. The third kappa shape index (κ3) is 5.33. The zero-order chi connectivity index (χ0) is 16.7. The maximum absolute atomic E-state index is 11.2. The molecule has 23 heavy (non-hydrogen) atoms. The highest BCUT2D eigenvalue weighted by atomic mass is 35.5. The van der Waals surface area contributed by atoms with E-state index in [-0.39, 0.29) is 0 Å². The van der Waals surface area contributed by atoms with Gasteiger partial charge >= 0.3 is 0 Å². The molecule has 0 aliphatic heterocycles. The van der Waals surface area contributed by atoms with E-state index in [9.17, 15) is 4.79 Å². The lowest BCUT2D eigenvalue weighted by molar-refractivity contribution is 0.0706. The average Bonchev–Trinajstić information content (AvgIpc) is 2.56. The van der Waals surface area contributed by atoms with Crippen LogP contribution in [0.25, 0.3) is 0 Å². The van der Waals surface area contributed by atoms with Crippen LogP contribution >= 0.6 is 23.8 Å². The number of hydrogen-bond acceptors (Lipinski definition) is 4. The summed E-state index contributed by atoms with van der Waals surface area (Å²) in [6.45, 7) is 0. The molecule has 1 amide bonds. The van der Waals surface area contributed by atoms with E-state index >= 15 is 0 Å². The first-order chi connectivity index (χ1) is 11.1. The van der Waals surface area contributed by atoms with Crippen molar-refractivity contribution >= 4 is 46.7 Å². The molecule has 0 fully saturated rings. The number of carbonyl (C=O) groups excluding carboxylic acids is 1. The van der Waals surface area contributed by atoms with Crippen molar-refractivity contribution in [3.8, 4) is 0 Å². The van der Waals surface area contributed by atoms with Crippen molar-refractivity contribution in [3.63, 3.8) is 0 Å². The Balaban J connectivity index is 1.87. The van der Waals surface area contributed by atoms with Crippen molar-refractivity contribution < 1.29 is 10.0 Å². The normalized spacial score (nSPS) is 10.3. The summed E-state index contributed by atoms with van der Waals surface area (Å²) in [5.74, 6) is -0.579. The molecule has 0 bridgehead atoms. The molecule has 0 heterocycles. The quantitative estimate of drug-likeness (QED) is 0.295. The zero-order valence-corrected chi connectivity index (χ0v) is 13.4. The molecule has 0 saturated heterocycles. The number of nitrogens with zero attached hydrogens (tertiary/aromatic N) is 1. The molecule has 0 aliphatic carbocycles. The number of hydrogen-bond donors (Lipinski definition) is 4. The highest BCUT2D eigenvalue weighted by molar-refractivity contribution is 7.80. The van der Waals surface area contributed by atoms with Gasteiger partial charge in [0.15, 0.2) is 5.11 Å². The van der Waals surface area contributed by atoms with Gasteiger partial charge in [0.25, 0.3) is 5.91 Å². The third-order valence-corrected chi connectivity index (χ3v) is 3.20. The Morgan fingerprint density at radius 3 is 2.39 bits per heavy atom. The molecule has 2 rings (SSSR count). The molecule has 0 atom stereocenters. The van der Waals surface area contributed by atoms with Crippen LogP contribution in [0.15, 0.2) is 53.6 Å². The van der Waals surface area contributed by atoms with Gasteiger partial charge in [0.1, 0.15) is 0 Å². The second kappa shape index (κ2) is 8.23. The predicted octanol–water partition coefficient (Wildman–Crippen LogP) is 2.78. The molecule has 0 unspecified atom stereocenters. The lowest BCUT2D eigenvalue weighted by Crippen LogP contribution is -2.24. The predicted molar refractivity (Wildman–Crippen MR) is 94.1 cm³/mol. The molecule has 0 aromatic heterocycles. The highest BCUT2D eigenvalue weighted by Crippen LogP contribution is 2.09. The molecule has 8 heteroatoms. The van der Waals surface area contributed by atoms with Gasteiger partial charge in [-0.15, -0.1) is 0 Å². The number of thiocarbonyl (C=S) groups is 1. The van der Waals surface area contributed by atoms with E-state index in [2.05, 4.69) is 15.8 Å². The molecule has 2 aromatic rings. The standard InChI is InChI=1S/C15H13ClN4O2S/c16-12-5-1-10(2-6-12)9-17-19-15(23)18-13-7-3-11(4-8-13)14(21)20-22/h1-9,22H,(H,20,21)(H2,18,19,23)/b17-9+. The minimum absolute atomic E-state index is 0.301. The lowest BCUT2D eigenvalue weighted by atomic mass is 10.2. The average molecular weight is 349 g/mol. The molecule has 0 spiro atoms. The van der Waals surface area contributed by atoms with Gasteiger partial charge in [-0.1, -0.05) is 23.7 Å². The number of halogens is 1. The first-order valence-electron chi connectivity index (χ1n) is 6.48. The smallest absolute Gasteiger partial charge is 0.274 e. The van der Waals surface area contributed by atoms with Crippen LogP contribution in [0.3, 0.4) is 0 Å². The zero-order valence-electron chi connectivity index (χ0n) is 11.8. The molecule has 0 aliphatic rings. The largest absolute Gasteiger partial charge is 0.331 e. The van der Waals surface area contributed by atoms with Crippen LogP contribution in [0.5, 0.6) is 0 Å². The van der Waals surface area contributed by atoms with Gasteiger partial charge in [-0.2, -0.15) is 5.10 Å². The van der Waals surface area contributed by atoms with Crippen LogP contribution in [0.1, 0.15) is 15.9 Å². The third-order valence-electron chi connectivity index (χ3n) is 2.76. The Labute approximate surface area is 143 Å². The van der Waals surface area contributed by atoms with Crippen LogP contribution in [-0.4, -0.2) is 22.4 Å². The second-order valence-electron chi connectivity index (χ2n) is 4.39. The van der Waals surface area contributed by atoms with Gasteiger partial charge < -0.3 is 5.32 Å². The van der Waals surface area contributed by atoms with Crippen LogP contribution in [-0.2, 0) is 0 Å². The van der Waals surface area contributed by atoms with E-state index in [1.165, 1.54) is 0 Å². The summed E-state index contributed by atoms with van der Waals surface area (Å²) in [5, 5.41) is 16.4. The Morgan fingerprint density at radius 2 is 1.78 bits per heavy atom. The number of rotatable bonds is 4. The fourth-order valence-corrected chi connectivity index (χ4v) is 1.94. The minimum atomic E-state index is -0.579. The van der Waals surface area contributed by atoms with Crippen LogP contribution in [0.2, 0.25) is 5.02 Å². The van der Waals surface area contributed by atoms with E-state index in [1.54, 1.807) is 48.1 Å². The second-order valence-corrected chi connectivity index (χ2v) is 5.24. The fraction of sp³-hybridized carbons (Fsp3) is 0. The summed E-state index contributed by atoms with van der Waals surface area (Å²) in [6.07, 6.45) is 1.61. The molecule has 4 N–H and O–H groups in total.